The van der Waals surface area contributed by atoms with E-state index in [4.69, 9.17) is 0 Å². The number of hydrogen-bond acceptors (Lipinski definition) is 2. The van der Waals surface area contributed by atoms with Crippen molar-refractivity contribution in [2.45, 2.75) is 58.9 Å². The Labute approximate surface area is 132 Å². The van der Waals surface area contributed by atoms with Crippen molar-refractivity contribution >= 4 is 5.91 Å². The molecule has 0 saturated heterocycles. The molecule has 1 amide bonds. The first-order chi connectivity index (χ1) is 10.1. The summed E-state index contributed by atoms with van der Waals surface area (Å²) in [5, 5.41) is 3.18. The average molecular weight is 304 g/mol. The van der Waals surface area contributed by atoms with E-state index in [1.807, 2.05) is 12.3 Å². The molecule has 1 N–H and O–H groups in total. The fourth-order valence-electron chi connectivity index (χ4n) is 3.68. The molecular formula is C18H28N2O2. The lowest BCUT2D eigenvalue weighted by molar-refractivity contribution is -0.121. The fourth-order valence-corrected chi connectivity index (χ4v) is 3.68. The molecule has 0 bridgehead atoms. The Morgan fingerprint density at radius 1 is 1.27 bits per heavy atom. The normalized spacial score (nSPS) is 25.8. The number of nitrogens with one attached hydrogen (secondary N) is 1. The third-order valence-corrected chi connectivity index (χ3v) is 5.12. The number of aryl methyl sites for hydroxylation is 1. The van der Waals surface area contributed by atoms with Crippen molar-refractivity contribution < 1.29 is 4.79 Å². The molecule has 22 heavy (non-hydrogen) atoms. The largest absolute Gasteiger partial charge is 0.347 e. The summed E-state index contributed by atoms with van der Waals surface area (Å²) >= 11 is 0. The number of pyridine rings is 1. The van der Waals surface area contributed by atoms with Gasteiger partial charge in [-0.15, -0.1) is 0 Å². The van der Waals surface area contributed by atoms with E-state index in [0.29, 0.717) is 11.3 Å². The molecule has 122 valence electrons. The summed E-state index contributed by atoms with van der Waals surface area (Å²) in [4.78, 5) is 23.4. The second-order valence-corrected chi connectivity index (χ2v) is 7.77. The molecule has 1 fully saturated rings. The van der Waals surface area contributed by atoms with Crippen LogP contribution in [-0.2, 0) is 17.4 Å². The molecule has 0 aromatic carbocycles. The predicted octanol–water partition coefficient (Wildman–Crippen LogP) is 2.95. The van der Waals surface area contributed by atoms with Gasteiger partial charge in [0, 0.05) is 26.2 Å². The van der Waals surface area contributed by atoms with Crippen LogP contribution in [-0.4, -0.2) is 10.5 Å². The van der Waals surface area contributed by atoms with Crippen LogP contribution >= 0.6 is 0 Å². The summed E-state index contributed by atoms with van der Waals surface area (Å²) in [5.74, 6) is 0.657. The molecular weight excluding hydrogens is 276 g/mol. The van der Waals surface area contributed by atoms with Gasteiger partial charge in [0.2, 0.25) is 11.5 Å². The highest BCUT2D eigenvalue weighted by Gasteiger charge is 2.40. The van der Waals surface area contributed by atoms with E-state index in [9.17, 15) is 9.59 Å². The van der Waals surface area contributed by atoms with Crippen molar-refractivity contribution in [3.63, 3.8) is 0 Å². The van der Waals surface area contributed by atoms with Gasteiger partial charge in [0.05, 0.1) is 5.54 Å². The molecule has 0 radical (unpaired) electrons. The zero-order valence-electron chi connectivity index (χ0n) is 14.4. The van der Waals surface area contributed by atoms with Gasteiger partial charge in [-0.2, -0.15) is 0 Å². The number of rotatable bonds is 2. The molecule has 1 heterocycles. The first-order valence-electron chi connectivity index (χ1n) is 8.10. The Kier molecular flexibility index (Phi) is 4.50. The lowest BCUT2D eigenvalue weighted by atomic mass is 9.65. The number of hydrogen-bond donors (Lipinski definition) is 1. The van der Waals surface area contributed by atoms with Crippen LogP contribution in [0.3, 0.4) is 0 Å². The number of nitrogens with zero attached hydrogens (tertiary/aromatic N) is 1. The first-order valence-corrected chi connectivity index (χ1v) is 8.10. The van der Waals surface area contributed by atoms with Crippen molar-refractivity contribution in [2.24, 2.45) is 18.4 Å². The van der Waals surface area contributed by atoms with Crippen molar-refractivity contribution in [1.29, 1.82) is 0 Å². The first kappa shape index (κ1) is 16.8. The van der Waals surface area contributed by atoms with Crippen LogP contribution in [0.2, 0.25) is 0 Å². The van der Waals surface area contributed by atoms with Gasteiger partial charge in [0.1, 0.15) is 0 Å². The lowest BCUT2D eigenvalue weighted by Gasteiger charge is -2.44. The van der Waals surface area contributed by atoms with Crippen LogP contribution in [0.5, 0.6) is 0 Å². The average Bonchev–Trinajstić information content (AvgIpc) is 2.40. The molecule has 0 aliphatic heterocycles. The molecule has 1 saturated carbocycles. The van der Waals surface area contributed by atoms with Gasteiger partial charge in [-0.05, 0) is 48.6 Å². The minimum Gasteiger partial charge on any atom is -0.347 e. The van der Waals surface area contributed by atoms with Crippen LogP contribution in [0.25, 0.3) is 0 Å². The van der Waals surface area contributed by atoms with Crippen LogP contribution in [0.4, 0.5) is 0 Å². The van der Waals surface area contributed by atoms with E-state index in [-0.39, 0.29) is 17.0 Å². The van der Waals surface area contributed by atoms with Crippen molar-refractivity contribution in [3.05, 3.63) is 34.2 Å². The molecule has 1 aromatic rings. The Hall–Kier alpha value is -1.58. The molecule has 2 rings (SSSR count). The zero-order valence-corrected chi connectivity index (χ0v) is 14.4. The standard InChI is InChI=1S/C18H28N2O2/c1-13(21)19-18(15-6-7-16(22)20(5)12-15)10-8-14(9-11-18)17(2,3)4/h6-7,12,14H,8-11H2,1-5H3,(H,19,21)/t14-,18+. The molecule has 0 atom stereocenters. The van der Waals surface area contributed by atoms with Gasteiger partial charge < -0.3 is 9.88 Å². The number of amides is 1. The van der Waals surface area contributed by atoms with Gasteiger partial charge >= 0.3 is 0 Å². The maximum absolute atomic E-state index is 11.7. The van der Waals surface area contributed by atoms with Crippen LogP contribution in [0, 0.1) is 11.3 Å². The van der Waals surface area contributed by atoms with Gasteiger partial charge in [-0.25, -0.2) is 0 Å². The maximum Gasteiger partial charge on any atom is 0.250 e. The van der Waals surface area contributed by atoms with Gasteiger partial charge in [0.15, 0.2) is 0 Å². The molecule has 4 heteroatoms. The van der Waals surface area contributed by atoms with Gasteiger partial charge in [-0.1, -0.05) is 20.8 Å². The van der Waals surface area contributed by atoms with Gasteiger partial charge in [0.25, 0.3) is 0 Å². The van der Waals surface area contributed by atoms with E-state index in [2.05, 4.69) is 26.1 Å². The second kappa shape index (κ2) is 5.90. The third-order valence-electron chi connectivity index (χ3n) is 5.12. The topological polar surface area (TPSA) is 51.1 Å². The van der Waals surface area contributed by atoms with Crippen molar-refractivity contribution in [2.75, 3.05) is 0 Å². The van der Waals surface area contributed by atoms with Crippen LogP contribution in [0.15, 0.2) is 23.1 Å². The van der Waals surface area contributed by atoms with Crippen molar-refractivity contribution in [3.8, 4) is 0 Å². The highest BCUT2D eigenvalue weighted by molar-refractivity contribution is 5.74. The van der Waals surface area contributed by atoms with Crippen LogP contribution in [0.1, 0.15) is 58.9 Å². The number of aromatic nitrogens is 1. The monoisotopic (exact) mass is 304 g/mol. The quantitative estimate of drug-likeness (QED) is 0.913. The highest BCUT2D eigenvalue weighted by Crippen LogP contribution is 2.45. The summed E-state index contributed by atoms with van der Waals surface area (Å²) in [5.41, 5.74) is 0.979. The fraction of sp³-hybridized carbons (Fsp3) is 0.667. The Morgan fingerprint density at radius 2 is 1.86 bits per heavy atom. The van der Waals surface area contributed by atoms with E-state index < -0.39 is 0 Å². The summed E-state index contributed by atoms with van der Waals surface area (Å²) < 4.78 is 1.59. The molecule has 1 aliphatic rings. The molecule has 1 aliphatic carbocycles. The highest BCUT2D eigenvalue weighted by atomic mass is 16.1. The SMILES string of the molecule is CC(=O)N[C@]1(c2ccc(=O)n(C)c2)CC[C@H](C(C)(C)C)CC1. The van der Waals surface area contributed by atoms with E-state index >= 15 is 0 Å². The Morgan fingerprint density at radius 3 is 2.32 bits per heavy atom. The third kappa shape index (κ3) is 3.42. The summed E-state index contributed by atoms with van der Waals surface area (Å²) in [7, 11) is 1.76. The van der Waals surface area contributed by atoms with E-state index in [1.165, 1.54) is 0 Å². The molecule has 4 nitrogen and oxygen atoms in total. The van der Waals surface area contributed by atoms with E-state index in [0.717, 1.165) is 31.2 Å². The lowest BCUT2D eigenvalue weighted by Crippen LogP contribution is -2.49. The number of carbonyl (C=O) groups is 1. The van der Waals surface area contributed by atoms with Gasteiger partial charge in [-0.3, -0.25) is 9.59 Å². The molecule has 0 spiro atoms. The van der Waals surface area contributed by atoms with Crippen molar-refractivity contribution in [1.82, 2.24) is 9.88 Å². The zero-order chi connectivity index (χ0) is 16.5. The van der Waals surface area contributed by atoms with Crippen LogP contribution < -0.4 is 10.9 Å². The molecule has 1 aromatic heterocycles. The minimum absolute atomic E-state index is 0.0111. The van der Waals surface area contributed by atoms with E-state index in [1.54, 1.807) is 24.6 Å². The smallest absolute Gasteiger partial charge is 0.250 e. The Balaban J connectivity index is 2.32. The summed E-state index contributed by atoms with van der Waals surface area (Å²) in [6.45, 7) is 8.43. The maximum atomic E-state index is 11.7. The Bertz CT molecular complexity index is 602. The minimum atomic E-state index is -0.334. The second-order valence-electron chi connectivity index (χ2n) is 7.77. The summed E-state index contributed by atoms with van der Waals surface area (Å²) in [6.07, 6.45) is 5.90. The summed E-state index contributed by atoms with van der Waals surface area (Å²) in [6, 6.07) is 3.46. The molecule has 0 unspecified atom stereocenters. The predicted molar refractivity (Wildman–Crippen MR) is 88.6 cm³/mol. The number of carbonyl (C=O) groups excluding carboxylic acids is 1.